The van der Waals surface area contributed by atoms with Crippen molar-refractivity contribution >= 4 is 154 Å². The van der Waals surface area contributed by atoms with Crippen LogP contribution in [-0.4, -0.2) is 66.9 Å². The molecule has 28 rings (SSSR count). The number of hydrogen-bond donors (Lipinski definition) is 0. The molecular formula is C126H98N14. The minimum absolute atomic E-state index is 1.01. The molecule has 0 aliphatic rings. The fraction of sp³-hybridized carbons (Fsp3) is 0.0556. The summed E-state index contributed by atoms with van der Waals surface area (Å²) in [6.45, 7) is 14.8. The maximum atomic E-state index is 4.75. The third kappa shape index (κ3) is 16.4. The monoisotopic (exact) mass is 1810 g/mol. The Morgan fingerprint density at radius 2 is 0.486 bits per heavy atom. The normalized spacial score (nSPS) is 11.2. The van der Waals surface area contributed by atoms with E-state index in [4.69, 9.17) is 4.98 Å². The second-order valence-electron chi connectivity index (χ2n) is 35.3. The number of rotatable bonds is 7. The van der Waals surface area contributed by atoms with Crippen molar-refractivity contribution in [3.05, 3.63) is 507 Å². The van der Waals surface area contributed by atoms with Gasteiger partial charge in [0, 0.05) is 158 Å². The summed E-state index contributed by atoms with van der Waals surface area (Å²) in [4.78, 5) is 32.4. The maximum absolute atomic E-state index is 4.75. The van der Waals surface area contributed by atoms with Gasteiger partial charge in [-0.2, -0.15) is 0 Å². The van der Waals surface area contributed by atoms with E-state index in [1.54, 1.807) is 0 Å². The summed E-state index contributed by atoms with van der Waals surface area (Å²) in [5, 5.41) is 17.3. The molecule has 0 unspecified atom stereocenters. The smallest absolute Gasteiger partial charge is 0.145 e. The standard InChI is InChI=1S/7C18H14N2/c1-13-7-5-11-16-17(13)15-10-6-12-19-18(15)20(16)14-8-3-2-4-9-14;1-13-7-5-10-15-16-11-6-12-19-18(16)20(17(13)15)14-8-3-2-4-9-14;1-13-11-16-15-9-5-6-10-17(15)20(18(16)19-12-13)14-7-3-2-4-8-14;1-13-11-12-16-15-9-5-6-10-17(15)20(18(16)19-13)14-7-3-2-4-8-14;1-13-11-12-19-18-17(13)15-9-5-6-10-16(15)20(18)14-7-3-2-4-8-14;1-13-9-10-15-16-8-5-11-19-18(16)20(17(15)12-13)14-6-3-2-4-7-14;1-13-9-10-17-16(12-13)15-8-5-11-19-18(15)20(17)14-6-3-2-4-7-14/h7*2-12H,1H3. The summed E-state index contributed by atoms with van der Waals surface area (Å²) in [5.41, 5.74) is 32.2. The molecule has 28 aromatic rings. The molecule has 0 saturated heterocycles. The molecule has 14 aromatic carbocycles. The predicted molar refractivity (Wildman–Crippen MR) is 583 cm³/mol. The van der Waals surface area contributed by atoms with E-state index < -0.39 is 0 Å². The van der Waals surface area contributed by atoms with Crippen LogP contribution >= 0.6 is 0 Å². The fourth-order valence-electron chi connectivity index (χ4n) is 19.8. The van der Waals surface area contributed by atoms with E-state index in [9.17, 15) is 0 Å². The molecular weight excluding hydrogens is 1710 g/mol. The Hall–Kier alpha value is -18.3. The lowest BCUT2D eigenvalue weighted by atomic mass is 10.1. The summed E-state index contributed by atoms with van der Waals surface area (Å²) in [5.74, 6) is 0. The van der Waals surface area contributed by atoms with Crippen molar-refractivity contribution < 1.29 is 0 Å². The van der Waals surface area contributed by atoms with Crippen molar-refractivity contribution in [1.82, 2.24) is 66.9 Å². The number of pyridine rings is 7. The lowest BCUT2D eigenvalue weighted by Gasteiger charge is -2.08. The van der Waals surface area contributed by atoms with E-state index in [0.29, 0.717) is 0 Å². The Labute approximate surface area is 810 Å². The van der Waals surface area contributed by atoms with Gasteiger partial charge in [0.15, 0.2) is 0 Å². The highest BCUT2D eigenvalue weighted by atomic mass is 15.1. The number of fused-ring (bicyclic) bond motifs is 21. The van der Waals surface area contributed by atoms with Crippen molar-refractivity contribution in [2.24, 2.45) is 0 Å². The van der Waals surface area contributed by atoms with E-state index in [0.717, 1.165) is 85.0 Å². The van der Waals surface area contributed by atoms with E-state index in [2.05, 4.69) is 467 Å². The molecule has 0 spiro atoms. The van der Waals surface area contributed by atoms with Crippen LogP contribution in [0.3, 0.4) is 0 Å². The lowest BCUT2D eigenvalue weighted by molar-refractivity contribution is 1.11. The largest absolute Gasteiger partial charge is 0.294 e. The molecule has 0 bridgehead atoms. The Kier molecular flexibility index (Phi) is 23.8. The quantitative estimate of drug-likeness (QED) is 0.156. The topological polar surface area (TPSA) is 125 Å². The number of aromatic nitrogens is 14. The lowest BCUT2D eigenvalue weighted by Crippen LogP contribution is -1.95. The fourth-order valence-corrected chi connectivity index (χ4v) is 19.8. The van der Waals surface area contributed by atoms with Gasteiger partial charge < -0.3 is 0 Å². The van der Waals surface area contributed by atoms with Gasteiger partial charge in [-0.25, -0.2) is 34.9 Å². The predicted octanol–water partition coefficient (Wildman–Crippen LogP) is 31.4. The van der Waals surface area contributed by atoms with Gasteiger partial charge in [0.1, 0.15) is 39.5 Å². The first-order chi connectivity index (χ1) is 69.0. The van der Waals surface area contributed by atoms with E-state index in [1.807, 2.05) is 111 Å². The van der Waals surface area contributed by atoms with Crippen molar-refractivity contribution in [3.63, 3.8) is 0 Å². The van der Waals surface area contributed by atoms with Gasteiger partial charge in [-0.1, -0.05) is 236 Å². The molecule has 14 heterocycles. The van der Waals surface area contributed by atoms with Crippen molar-refractivity contribution in [2.75, 3.05) is 0 Å². The van der Waals surface area contributed by atoms with Gasteiger partial charge in [0.25, 0.3) is 0 Å². The van der Waals surface area contributed by atoms with Crippen LogP contribution in [0.25, 0.3) is 193 Å². The zero-order valence-corrected chi connectivity index (χ0v) is 78.7. The molecule has 0 N–H and O–H groups in total. The van der Waals surface area contributed by atoms with Crippen LogP contribution in [0.4, 0.5) is 0 Å². The van der Waals surface area contributed by atoms with Crippen LogP contribution in [0.2, 0.25) is 0 Å². The van der Waals surface area contributed by atoms with Crippen LogP contribution in [0.15, 0.2) is 468 Å². The highest BCUT2D eigenvalue weighted by Crippen LogP contribution is 2.40. The van der Waals surface area contributed by atoms with Crippen molar-refractivity contribution in [2.45, 2.75) is 48.5 Å². The summed E-state index contributed by atoms with van der Waals surface area (Å²) in [7, 11) is 0. The molecule has 14 aromatic heterocycles. The molecule has 0 aliphatic carbocycles. The van der Waals surface area contributed by atoms with Gasteiger partial charge >= 0.3 is 0 Å². The third-order valence-corrected chi connectivity index (χ3v) is 26.1. The highest BCUT2D eigenvalue weighted by molar-refractivity contribution is 6.14. The molecule has 14 heteroatoms. The molecule has 0 saturated carbocycles. The Morgan fingerprint density at radius 1 is 0.164 bits per heavy atom. The number of nitrogens with zero attached hydrogens (tertiary/aromatic N) is 14. The van der Waals surface area contributed by atoms with Gasteiger partial charge in [-0.3, -0.25) is 32.0 Å². The Morgan fingerprint density at radius 3 is 1.02 bits per heavy atom. The molecule has 14 nitrogen and oxygen atoms in total. The van der Waals surface area contributed by atoms with Crippen LogP contribution in [0.5, 0.6) is 0 Å². The van der Waals surface area contributed by atoms with Crippen LogP contribution < -0.4 is 0 Å². The zero-order chi connectivity index (χ0) is 94.7. The highest BCUT2D eigenvalue weighted by Gasteiger charge is 2.22. The average Bonchev–Trinajstić information content (AvgIpc) is 1.56. The van der Waals surface area contributed by atoms with Crippen molar-refractivity contribution in [1.29, 1.82) is 0 Å². The third-order valence-electron chi connectivity index (χ3n) is 26.1. The summed E-state index contributed by atoms with van der Waals surface area (Å²) >= 11 is 0. The molecule has 0 radical (unpaired) electrons. The van der Waals surface area contributed by atoms with Crippen LogP contribution in [-0.2, 0) is 0 Å². The van der Waals surface area contributed by atoms with E-state index >= 15 is 0 Å². The van der Waals surface area contributed by atoms with Gasteiger partial charge in [0.2, 0.25) is 0 Å². The summed E-state index contributed by atoms with van der Waals surface area (Å²) in [6.07, 6.45) is 11.2. The minimum atomic E-state index is 1.01. The Bertz CT molecular complexity index is 8800. The van der Waals surface area contributed by atoms with Gasteiger partial charge in [0.05, 0.1) is 38.6 Å². The zero-order valence-electron chi connectivity index (χ0n) is 78.7. The second-order valence-corrected chi connectivity index (χ2v) is 35.3. The number of hydrogen-bond acceptors (Lipinski definition) is 7. The first kappa shape index (κ1) is 87.1. The van der Waals surface area contributed by atoms with Crippen LogP contribution in [0.1, 0.15) is 39.1 Å². The molecule has 0 aliphatic heterocycles. The first-order valence-corrected chi connectivity index (χ1v) is 47.3. The molecule has 0 atom stereocenters. The van der Waals surface area contributed by atoms with Crippen LogP contribution in [0, 0.1) is 48.5 Å². The van der Waals surface area contributed by atoms with Crippen molar-refractivity contribution in [3.8, 4) is 39.8 Å². The van der Waals surface area contributed by atoms with Gasteiger partial charge in [-0.05, 0) is 276 Å². The number of aryl methyl sites for hydroxylation is 7. The summed E-state index contributed by atoms with van der Waals surface area (Å²) < 4.78 is 15.6. The molecule has 672 valence electrons. The van der Waals surface area contributed by atoms with E-state index in [-0.39, 0.29) is 0 Å². The second kappa shape index (κ2) is 38.2. The molecule has 0 amide bonds. The Balaban J connectivity index is 0.0000000939. The molecule has 0 fully saturated rings. The number of benzene rings is 14. The maximum Gasteiger partial charge on any atom is 0.145 e. The average molecular weight is 1810 g/mol. The summed E-state index contributed by atoms with van der Waals surface area (Å²) in [6, 6.07) is 149. The molecule has 140 heavy (non-hydrogen) atoms. The minimum Gasteiger partial charge on any atom is -0.294 e. The van der Waals surface area contributed by atoms with E-state index in [1.165, 1.54) is 147 Å². The first-order valence-electron chi connectivity index (χ1n) is 47.3. The van der Waals surface area contributed by atoms with Gasteiger partial charge in [-0.15, -0.1) is 0 Å². The number of para-hydroxylation sites is 11. The SMILES string of the molecule is Cc1ccc2c(c1)c1cccnc1n2-c1ccccc1.Cc1ccc2c3ccccc3n(-c3ccccc3)c2n1.Cc1ccc2c3cccnc3n(-c3ccccc3)c2c1.Cc1cccc2c1c1cccnc1n2-c1ccccc1.Cc1cccc2c3cccnc3n(-c3ccccc3)c12.Cc1ccnc2c1c1ccccc1n2-c1ccccc1.Cc1cnc2c(c1)c1ccccc1n2-c1ccccc1.